The number of carbonyl (C=O) groups is 1. The van der Waals surface area contributed by atoms with Gasteiger partial charge >= 0.3 is 0 Å². The number of nitrogens with one attached hydrogen (secondary N) is 1. The van der Waals surface area contributed by atoms with E-state index in [0.29, 0.717) is 19.7 Å². The number of nitrogens with zero attached hydrogens (tertiary/aromatic N) is 4. The lowest BCUT2D eigenvalue weighted by Crippen LogP contribution is -2.45. The number of rotatable bonds is 5. The van der Waals surface area contributed by atoms with E-state index in [-0.39, 0.29) is 18.1 Å². The molecule has 0 saturated carbocycles. The van der Waals surface area contributed by atoms with Crippen molar-refractivity contribution in [3.05, 3.63) is 34.5 Å². The number of hydrogen-bond acceptors (Lipinski definition) is 6. The second-order valence-electron chi connectivity index (χ2n) is 5.70. The summed E-state index contributed by atoms with van der Waals surface area (Å²) in [6.07, 6.45) is 1.52. The van der Waals surface area contributed by atoms with Crippen LogP contribution in [0.1, 0.15) is 29.8 Å². The van der Waals surface area contributed by atoms with Gasteiger partial charge in [-0.1, -0.05) is 6.07 Å². The fourth-order valence-electron chi connectivity index (χ4n) is 2.69. The average molecular weight is 335 g/mol. The zero-order valence-electron chi connectivity index (χ0n) is 13.3. The van der Waals surface area contributed by atoms with Crippen molar-refractivity contribution in [3.63, 3.8) is 0 Å². The van der Waals surface area contributed by atoms with Crippen molar-refractivity contribution in [2.75, 3.05) is 26.2 Å². The van der Waals surface area contributed by atoms with Crippen LogP contribution >= 0.6 is 11.3 Å². The summed E-state index contributed by atoms with van der Waals surface area (Å²) in [4.78, 5) is 15.5. The van der Waals surface area contributed by atoms with Crippen LogP contribution in [0.2, 0.25) is 0 Å². The van der Waals surface area contributed by atoms with Crippen LogP contribution in [0.3, 0.4) is 0 Å². The standard InChI is InChI=1S/C15H21N5O2S/c1-11(13-4-3-7-23-13)17-14(21)9-20-5-6-22-12(8-20)15-18-16-10-19(15)2/h3-4,7,10-12H,5-6,8-9H2,1-2H3,(H,17,21)/t11-,12+/m0/s1. The Bertz CT molecular complexity index is 642. The zero-order valence-corrected chi connectivity index (χ0v) is 14.1. The van der Waals surface area contributed by atoms with Crippen LogP contribution in [0.15, 0.2) is 23.8 Å². The number of aryl methyl sites for hydroxylation is 1. The molecule has 3 rings (SSSR count). The lowest BCUT2D eigenvalue weighted by atomic mass is 10.2. The molecular formula is C15H21N5O2S. The van der Waals surface area contributed by atoms with Crippen LogP contribution < -0.4 is 5.32 Å². The molecule has 1 fully saturated rings. The van der Waals surface area contributed by atoms with Crippen LogP contribution in [0, 0.1) is 0 Å². The SMILES string of the molecule is C[C@H](NC(=O)CN1CCO[C@@H](c2nncn2C)C1)c1cccs1. The molecule has 0 spiro atoms. The van der Waals surface area contributed by atoms with Gasteiger partial charge in [0.15, 0.2) is 5.82 Å². The Morgan fingerprint density at radius 2 is 2.48 bits per heavy atom. The maximum Gasteiger partial charge on any atom is 0.234 e. The summed E-state index contributed by atoms with van der Waals surface area (Å²) >= 11 is 1.65. The van der Waals surface area contributed by atoms with E-state index >= 15 is 0 Å². The molecule has 2 aromatic heterocycles. The molecule has 1 N–H and O–H groups in total. The van der Waals surface area contributed by atoms with Crippen LogP contribution in [0.5, 0.6) is 0 Å². The van der Waals surface area contributed by atoms with Crippen molar-refractivity contribution in [3.8, 4) is 0 Å². The molecule has 3 heterocycles. The number of ether oxygens (including phenoxy) is 1. The number of aromatic nitrogens is 3. The van der Waals surface area contributed by atoms with E-state index in [2.05, 4.69) is 20.4 Å². The average Bonchev–Trinajstić information content (AvgIpc) is 3.18. The van der Waals surface area contributed by atoms with Crippen molar-refractivity contribution in [1.82, 2.24) is 25.0 Å². The maximum absolute atomic E-state index is 12.3. The molecule has 0 bridgehead atoms. The molecule has 1 aliphatic heterocycles. The Morgan fingerprint density at radius 3 is 3.17 bits per heavy atom. The molecule has 2 atom stereocenters. The van der Waals surface area contributed by atoms with Crippen molar-refractivity contribution >= 4 is 17.2 Å². The predicted molar refractivity (Wildman–Crippen MR) is 87.0 cm³/mol. The molecule has 0 aromatic carbocycles. The highest BCUT2D eigenvalue weighted by molar-refractivity contribution is 7.10. The second-order valence-corrected chi connectivity index (χ2v) is 6.68. The number of hydrogen-bond donors (Lipinski definition) is 1. The Balaban J connectivity index is 1.53. The summed E-state index contributed by atoms with van der Waals surface area (Å²) in [5.74, 6) is 0.826. The molecule has 23 heavy (non-hydrogen) atoms. The Kier molecular flexibility index (Phi) is 5.04. The van der Waals surface area contributed by atoms with Crippen LogP contribution in [-0.4, -0.2) is 51.8 Å². The summed E-state index contributed by atoms with van der Waals surface area (Å²) in [5, 5.41) is 13.1. The van der Waals surface area contributed by atoms with Crippen LogP contribution in [0.4, 0.5) is 0 Å². The van der Waals surface area contributed by atoms with Gasteiger partial charge in [-0.05, 0) is 18.4 Å². The molecule has 1 saturated heterocycles. The summed E-state index contributed by atoms with van der Waals surface area (Å²) < 4.78 is 7.61. The topological polar surface area (TPSA) is 72.3 Å². The third-order valence-electron chi connectivity index (χ3n) is 3.90. The summed E-state index contributed by atoms with van der Waals surface area (Å²) in [7, 11) is 1.90. The minimum absolute atomic E-state index is 0.0320. The fraction of sp³-hybridized carbons (Fsp3) is 0.533. The highest BCUT2D eigenvalue weighted by Crippen LogP contribution is 2.20. The monoisotopic (exact) mass is 335 g/mol. The van der Waals surface area contributed by atoms with E-state index in [9.17, 15) is 4.79 Å². The molecule has 0 radical (unpaired) electrons. The highest BCUT2D eigenvalue weighted by Gasteiger charge is 2.26. The minimum atomic E-state index is -0.140. The first kappa shape index (κ1) is 16.1. The highest BCUT2D eigenvalue weighted by atomic mass is 32.1. The fourth-order valence-corrected chi connectivity index (χ4v) is 3.42. The van der Waals surface area contributed by atoms with Gasteiger partial charge in [-0.25, -0.2) is 0 Å². The molecule has 8 heteroatoms. The van der Waals surface area contributed by atoms with E-state index in [4.69, 9.17) is 4.74 Å². The molecule has 0 aliphatic carbocycles. The van der Waals surface area contributed by atoms with Gasteiger partial charge in [-0.3, -0.25) is 9.69 Å². The lowest BCUT2D eigenvalue weighted by Gasteiger charge is -2.32. The number of carbonyl (C=O) groups excluding carboxylic acids is 1. The zero-order chi connectivity index (χ0) is 16.2. The molecule has 7 nitrogen and oxygen atoms in total. The largest absolute Gasteiger partial charge is 0.368 e. The molecule has 124 valence electrons. The predicted octanol–water partition coefficient (Wildman–Crippen LogP) is 1.13. The number of thiophene rings is 1. The van der Waals surface area contributed by atoms with Gasteiger partial charge in [0.05, 0.1) is 19.2 Å². The van der Waals surface area contributed by atoms with Crippen LogP contribution in [0.25, 0.3) is 0 Å². The quantitative estimate of drug-likeness (QED) is 0.887. The van der Waals surface area contributed by atoms with Crippen molar-refractivity contribution in [2.45, 2.75) is 19.1 Å². The van der Waals surface area contributed by atoms with Gasteiger partial charge in [0, 0.05) is 25.0 Å². The smallest absolute Gasteiger partial charge is 0.234 e. The van der Waals surface area contributed by atoms with E-state index < -0.39 is 0 Å². The third kappa shape index (κ3) is 3.95. The van der Waals surface area contributed by atoms with E-state index in [1.807, 2.05) is 36.1 Å². The molecule has 2 aromatic rings. The Hall–Kier alpha value is -1.77. The summed E-state index contributed by atoms with van der Waals surface area (Å²) in [6, 6.07) is 4.07. The first-order chi connectivity index (χ1) is 11.1. The lowest BCUT2D eigenvalue weighted by molar-refractivity contribution is -0.125. The number of morpholine rings is 1. The number of amides is 1. The van der Waals surface area contributed by atoms with Crippen molar-refractivity contribution in [2.24, 2.45) is 7.05 Å². The van der Waals surface area contributed by atoms with Gasteiger partial charge in [-0.15, -0.1) is 21.5 Å². The van der Waals surface area contributed by atoms with Gasteiger partial charge in [0.2, 0.25) is 5.91 Å². The maximum atomic E-state index is 12.3. The normalized spacial score (nSPS) is 20.3. The molecule has 0 unspecified atom stereocenters. The molecule has 1 amide bonds. The van der Waals surface area contributed by atoms with Crippen molar-refractivity contribution in [1.29, 1.82) is 0 Å². The summed E-state index contributed by atoms with van der Waals surface area (Å²) in [6.45, 7) is 4.35. The van der Waals surface area contributed by atoms with Gasteiger partial charge < -0.3 is 14.6 Å². The third-order valence-corrected chi connectivity index (χ3v) is 4.95. The van der Waals surface area contributed by atoms with Gasteiger partial charge in [-0.2, -0.15) is 0 Å². The first-order valence-electron chi connectivity index (χ1n) is 7.64. The van der Waals surface area contributed by atoms with Gasteiger partial charge in [0.1, 0.15) is 12.4 Å². The molecule has 1 aliphatic rings. The second kappa shape index (κ2) is 7.20. The van der Waals surface area contributed by atoms with Gasteiger partial charge in [0.25, 0.3) is 0 Å². The van der Waals surface area contributed by atoms with Crippen LogP contribution in [-0.2, 0) is 16.6 Å². The van der Waals surface area contributed by atoms with E-state index in [1.54, 1.807) is 17.7 Å². The minimum Gasteiger partial charge on any atom is -0.368 e. The van der Waals surface area contributed by atoms with Crippen molar-refractivity contribution < 1.29 is 9.53 Å². The van der Waals surface area contributed by atoms with E-state index in [0.717, 1.165) is 17.2 Å². The first-order valence-corrected chi connectivity index (χ1v) is 8.52. The van der Waals surface area contributed by atoms with E-state index in [1.165, 1.54) is 0 Å². The summed E-state index contributed by atoms with van der Waals surface area (Å²) in [5.41, 5.74) is 0. The Morgan fingerprint density at radius 1 is 1.61 bits per heavy atom. The molecular weight excluding hydrogens is 314 g/mol. The Labute approximate surface area is 139 Å².